The van der Waals surface area contributed by atoms with Crippen LogP contribution >= 0.6 is 0 Å². The predicted octanol–water partition coefficient (Wildman–Crippen LogP) is 3.41. The molecule has 10 nitrogen and oxygen atoms in total. The van der Waals surface area contributed by atoms with Gasteiger partial charge in [-0.25, -0.2) is 0 Å². The van der Waals surface area contributed by atoms with Gasteiger partial charge in [0, 0.05) is 24.3 Å². The van der Waals surface area contributed by atoms with Crippen LogP contribution in [0.1, 0.15) is 45.7 Å². The Hall–Kier alpha value is -4.05. The molecule has 36 heavy (non-hydrogen) atoms. The third-order valence-corrected chi connectivity index (χ3v) is 6.60. The Kier molecular flexibility index (Phi) is 7.44. The number of nitro groups is 1. The summed E-state index contributed by atoms with van der Waals surface area (Å²) in [6.45, 7) is 6.03. The van der Waals surface area contributed by atoms with Crippen LogP contribution in [0.3, 0.4) is 0 Å². The number of nitrogens with zero attached hydrogens (tertiary/aromatic N) is 4. The lowest BCUT2D eigenvalue weighted by Gasteiger charge is -2.31. The average molecular weight is 491 g/mol. The van der Waals surface area contributed by atoms with Gasteiger partial charge in [0.15, 0.2) is 0 Å². The molecule has 1 unspecified atom stereocenters. The van der Waals surface area contributed by atoms with Gasteiger partial charge in [-0.3, -0.25) is 29.3 Å². The number of rotatable bonds is 8. The molecule has 2 aromatic carbocycles. The molecule has 0 radical (unpaired) electrons. The summed E-state index contributed by atoms with van der Waals surface area (Å²) in [6.07, 6.45) is 1.81. The Labute approximate surface area is 209 Å². The summed E-state index contributed by atoms with van der Waals surface area (Å²) in [5.74, 6) is -0.548. The first-order valence-electron chi connectivity index (χ1n) is 11.9. The topological polar surface area (TPSA) is 136 Å². The summed E-state index contributed by atoms with van der Waals surface area (Å²) in [4.78, 5) is 37.2. The number of nitrogens with one attached hydrogen (secondary N) is 1. The highest BCUT2D eigenvalue weighted by atomic mass is 16.6. The minimum absolute atomic E-state index is 0.0304. The highest BCUT2D eigenvalue weighted by Crippen LogP contribution is 2.23. The van der Waals surface area contributed by atoms with E-state index >= 15 is 0 Å². The lowest BCUT2D eigenvalue weighted by atomic mass is 9.97. The largest absolute Gasteiger partial charge is 0.369 e. The van der Waals surface area contributed by atoms with Crippen molar-refractivity contribution in [3.05, 3.63) is 86.7 Å². The Morgan fingerprint density at radius 1 is 1.08 bits per heavy atom. The first-order valence-corrected chi connectivity index (χ1v) is 11.9. The van der Waals surface area contributed by atoms with Crippen LogP contribution in [0.5, 0.6) is 0 Å². The second kappa shape index (κ2) is 10.7. The van der Waals surface area contributed by atoms with Gasteiger partial charge in [0.2, 0.25) is 5.91 Å². The Morgan fingerprint density at radius 3 is 2.33 bits per heavy atom. The van der Waals surface area contributed by atoms with Crippen molar-refractivity contribution in [1.82, 2.24) is 14.7 Å². The second-order valence-electron chi connectivity index (χ2n) is 9.26. The van der Waals surface area contributed by atoms with Crippen LogP contribution in [0.25, 0.3) is 0 Å². The van der Waals surface area contributed by atoms with Gasteiger partial charge >= 0.3 is 5.69 Å². The molecule has 0 aliphatic carbocycles. The van der Waals surface area contributed by atoms with Gasteiger partial charge in [-0.1, -0.05) is 24.3 Å². The quantitative estimate of drug-likeness (QED) is 0.367. The van der Waals surface area contributed by atoms with Gasteiger partial charge in [-0.05, 0) is 68.6 Å². The van der Waals surface area contributed by atoms with E-state index in [4.69, 9.17) is 5.73 Å². The summed E-state index contributed by atoms with van der Waals surface area (Å²) in [6, 6.07) is 14.8. The number of piperidine rings is 1. The first-order chi connectivity index (χ1) is 17.2. The zero-order chi connectivity index (χ0) is 25.8. The number of likely N-dealkylation sites (tertiary alicyclic amines) is 1. The molecule has 1 aliphatic rings. The van der Waals surface area contributed by atoms with Crippen molar-refractivity contribution in [1.29, 1.82) is 0 Å². The van der Waals surface area contributed by atoms with Gasteiger partial charge in [0.05, 0.1) is 17.4 Å². The van der Waals surface area contributed by atoms with Crippen LogP contribution in [0.4, 0.5) is 11.4 Å². The van der Waals surface area contributed by atoms with Crippen LogP contribution in [0, 0.1) is 29.9 Å². The smallest absolute Gasteiger partial charge is 0.312 e. The molecule has 4 rings (SSSR count). The zero-order valence-electron chi connectivity index (χ0n) is 20.4. The van der Waals surface area contributed by atoms with Crippen molar-refractivity contribution >= 4 is 23.2 Å². The summed E-state index contributed by atoms with van der Waals surface area (Å²) in [5.41, 5.74) is 9.56. The van der Waals surface area contributed by atoms with Crippen molar-refractivity contribution in [2.24, 2.45) is 11.7 Å². The summed E-state index contributed by atoms with van der Waals surface area (Å²) in [5, 5.41) is 18.4. The highest BCUT2D eigenvalue weighted by Gasteiger charge is 2.24. The van der Waals surface area contributed by atoms with E-state index in [2.05, 4.69) is 15.3 Å². The number of anilines is 1. The summed E-state index contributed by atoms with van der Waals surface area (Å²) in [7, 11) is 0. The Balaban J connectivity index is 1.34. The van der Waals surface area contributed by atoms with Crippen molar-refractivity contribution in [3.8, 4) is 0 Å². The molecule has 3 aromatic rings. The van der Waals surface area contributed by atoms with Gasteiger partial charge in [-0.15, -0.1) is 0 Å². The van der Waals surface area contributed by atoms with Crippen molar-refractivity contribution < 1.29 is 14.5 Å². The standard InChI is InChI=1S/C26H30N6O4/c1-17-24(32(35)36)18(2)31(29-17)15-20-5-9-21(10-6-20)26(34)28-23-11-7-19(8-12-23)14-30-13-3-4-22(16-30)25(27)33/h5-12,22H,3-4,13-16H2,1-2H3,(H2,27,33)(H,28,34). The van der Waals surface area contributed by atoms with Crippen molar-refractivity contribution in [2.45, 2.75) is 39.8 Å². The monoisotopic (exact) mass is 490 g/mol. The molecule has 1 aromatic heterocycles. The maximum Gasteiger partial charge on any atom is 0.312 e. The van der Waals surface area contributed by atoms with E-state index in [0.717, 1.165) is 37.1 Å². The lowest BCUT2D eigenvalue weighted by Crippen LogP contribution is -2.40. The minimum atomic E-state index is -0.416. The van der Waals surface area contributed by atoms with E-state index in [0.29, 0.717) is 35.7 Å². The van der Waals surface area contributed by atoms with Gasteiger partial charge in [0.1, 0.15) is 11.4 Å². The summed E-state index contributed by atoms with van der Waals surface area (Å²) < 4.78 is 1.60. The van der Waals surface area contributed by atoms with E-state index < -0.39 is 4.92 Å². The zero-order valence-corrected chi connectivity index (χ0v) is 20.4. The molecule has 1 saturated heterocycles. The number of carbonyl (C=O) groups excluding carboxylic acids is 2. The average Bonchev–Trinajstić information content (AvgIpc) is 3.13. The fourth-order valence-electron chi connectivity index (χ4n) is 4.63. The number of aromatic nitrogens is 2. The predicted molar refractivity (Wildman–Crippen MR) is 135 cm³/mol. The molecule has 3 N–H and O–H groups in total. The molecular formula is C26H30N6O4. The van der Waals surface area contributed by atoms with Crippen molar-refractivity contribution in [2.75, 3.05) is 18.4 Å². The molecule has 0 spiro atoms. The molecule has 0 bridgehead atoms. The van der Waals surface area contributed by atoms with E-state index in [1.807, 2.05) is 36.4 Å². The highest BCUT2D eigenvalue weighted by molar-refractivity contribution is 6.04. The third kappa shape index (κ3) is 5.77. The Morgan fingerprint density at radius 2 is 1.72 bits per heavy atom. The maximum absolute atomic E-state index is 12.7. The van der Waals surface area contributed by atoms with E-state index in [1.54, 1.807) is 30.7 Å². The van der Waals surface area contributed by atoms with Crippen LogP contribution in [0.2, 0.25) is 0 Å². The van der Waals surface area contributed by atoms with Gasteiger partial charge in [0.25, 0.3) is 5.91 Å². The van der Waals surface area contributed by atoms with E-state index in [-0.39, 0.29) is 23.4 Å². The molecule has 0 saturated carbocycles. The maximum atomic E-state index is 12.7. The van der Waals surface area contributed by atoms with Crippen LogP contribution in [-0.4, -0.2) is 44.5 Å². The number of nitrogens with two attached hydrogens (primary N) is 1. The fourth-order valence-corrected chi connectivity index (χ4v) is 4.63. The third-order valence-electron chi connectivity index (χ3n) is 6.60. The molecule has 1 atom stereocenters. The molecular weight excluding hydrogens is 460 g/mol. The first kappa shape index (κ1) is 25.1. The normalized spacial score (nSPS) is 16.0. The molecule has 10 heteroatoms. The number of benzene rings is 2. The van der Waals surface area contributed by atoms with Crippen LogP contribution in [0.15, 0.2) is 48.5 Å². The lowest BCUT2D eigenvalue weighted by molar-refractivity contribution is -0.386. The molecule has 1 fully saturated rings. The Bertz CT molecular complexity index is 1270. The van der Waals surface area contributed by atoms with Crippen LogP contribution in [-0.2, 0) is 17.9 Å². The number of hydrogen-bond donors (Lipinski definition) is 2. The molecule has 2 heterocycles. The van der Waals surface area contributed by atoms with Gasteiger partial charge in [-0.2, -0.15) is 5.10 Å². The van der Waals surface area contributed by atoms with Crippen molar-refractivity contribution in [3.63, 3.8) is 0 Å². The molecule has 1 aliphatic heterocycles. The fraction of sp³-hybridized carbons (Fsp3) is 0.346. The second-order valence-corrected chi connectivity index (χ2v) is 9.26. The van der Waals surface area contributed by atoms with Crippen LogP contribution < -0.4 is 11.1 Å². The number of primary amides is 1. The van der Waals surface area contributed by atoms with Gasteiger partial charge < -0.3 is 11.1 Å². The SMILES string of the molecule is Cc1nn(Cc2ccc(C(=O)Nc3ccc(CN4CCCC(C(N)=O)C4)cc3)cc2)c(C)c1[N+](=O)[O-]. The number of hydrogen-bond acceptors (Lipinski definition) is 6. The number of amides is 2. The van der Waals surface area contributed by atoms with E-state index in [1.165, 1.54) is 0 Å². The van der Waals surface area contributed by atoms with E-state index in [9.17, 15) is 19.7 Å². The minimum Gasteiger partial charge on any atom is -0.369 e. The molecule has 188 valence electrons. The summed E-state index contributed by atoms with van der Waals surface area (Å²) >= 11 is 0. The molecule has 2 amide bonds. The number of carbonyl (C=O) groups is 2. The number of aryl methyl sites for hydroxylation is 1.